The molecular formula is C23H23N7O3. The van der Waals surface area contributed by atoms with Gasteiger partial charge in [-0.3, -0.25) is 9.48 Å². The molecule has 0 radical (unpaired) electrons. The number of nitrogens with one attached hydrogen (secondary N) is 1. The lowest BCUT2D eigenvalue weighted by atomic mass is 10.1. The van der Waals surface area contributed by atoms with Gasteiger partial charge in [0, 0.05) is 42.9 Å². The van der Waals surface area contributed by atoms with E-state index in [9.17, 15) is 10.1 Å². The first-order chi connectivity index (χ1) is 16.2. The summed E-state index contributed by atoms with van der Waals surface area (Å²) in [4.78, 5) is 22.6. The van der Waals surface area contributed by atoms with Gasteiger partial charge in [0.25, 0.3) is 5.91 Å². The van der Waals surface area contributed by atoms with E-state index in [2.05, 4.69) is 26.5 Å². The number of nitriles is 1. The minimum atomic E-state index is -0.0525. The Bertz CT molecular complexity index is 1180. The first kappa shape index (κ1) is 21.1. The quantitative estimate of drug-likeness (QED) is 0.637. The molecule has 1 amide bonds. The summed E-state index contributed by atoms with van der Waals surface area (Å²) in [5.41, 5.74) is 3.27. The fourth-order valence-electron chi connectivity index (χ4n) is 4.00. The Hall–Kier alpha value is -3.81. The van der Waals surface area contributed by atoms with Crippen LogP contribution in [0.2, 0.25) is 0 Å². The Morgan fingerprint density at radius 3 is 2.67 bits per heavy atom. The van der Waals surface area contributed by atoms with Gasteiger partial charge in [-0.25, -0.2) is 9.97 Å². The van der Waals surface area contributed by atoms with E-state index in [1.54, 1.807) is 11.1 Å². The monoisotopic (exact) mass is 445 g/mol. The molecule has 0 aliphatic carbocycles. The summed E-state index contributed by atoms with van der Waals surface area (Å²) < 4.78 is 12.5. The molecule has 2 aromatic heterocycles. The largest absolute Gasteiger partial charge is 0.381 e. The van der Waals surface area contributed by atoms with Crippen LogP contribution in [0, 0.1) is 11.3 Å². The van der Waals surface area contributed by atoms with Crippen molar-refractivity contribution in [3.63, 3.8) is 0 Å². The maximum atomic E-state index is 12.0. The fourth-order valence-corrected chi connectivity index (χ4v) is 4.00. The molecule has 1 N–H and O–H groups in total. The van der Waals surface area contributed by atoms with Crippen LogP contribution in [0.4, 0.5) is 17.3 Å². The van der Waals surface area contributed by atoms with Crippen LogP contribution in [0.3, 0.4) is 0 Å². The van der Waals surface area contributed by atoms with Crippen LogP contribution >= 0.6 is 0 Å². The highest BCUT2D eigenvalue weighted by atomic mass is 16.5. The predicted molar refractivity (Wildman–Crippen MR) is 120 cm³/mol. The Balaban J connectivity index is 1.35. The first-order valence-electron chi connectivity index (χ1n) is 10.9. The summed E-state index contributed by atoms with van der Waals surface area (Å²) in [6, 6.07) is 9.92. The predicted octanol–water partition coefficient (Wildman–Crippen LogP) is 2.67. The van der Waals surface area contributed by atoms with Gasteiger partial charge in [-0.2, -0.15) is 10.4 Å². The summed E-state index contributed by atoms with van der Waals surface area (Å²) in [5, 5.41) is 17.2. The maximum absolute atomic E-state index is 12.0. The number of aromatic nitrogens is 4. The molecule has 3 aromatic rings. The maximum Gasteiger partial charge on any atom is 0.253 e. The molecule has 10 nitrogen and oxygen atoms in total. The Labute approximate surface area is 190 Å². The van der Waals surface area contributed by atoms with Crippen molar-refractivity contribution < 1.29 is 14.3 Å². The molecule has 10 heteroatoms. The number of hydrogen-bond donors (Lipinski definition) is 1. The standard InChI is InChI=1S/C23H23N7O3/c24-11-16-12-25-23(27-18-1-3-19(4-2-18)29-7-10-33-15-21(29)31)28-22(16)17-13-26-30(14-17)20-5-8-32-9-6-20/h1-4,12-14,20H,5-10,15H2,(H,25,27,28). The summed E-state index contributed by atoms with van der Waals surface area (Å²) in [6.45, 7) is 2.62. The Morgan fingerprint density at radius 1 is 1.09 bits per heavy atom. The van der Waals surface area contributed by atoms with E-state index in [4.69, 9.17) is 9.47 Å². The second-order valence-corrected chi connectivity index (χ2v) is 7.89. The molecule has 0 spiro atoms. The molecule has 2 fully saturated rings. The lowest BCUT2D eigenvalue weighted by molar-refractivity contribution is -0.125. The molecule has 5 rings (SSSR count). The summed E-state index contributed by atoms with van der Waals surface area (Å²) in [6.07, 6.45) is 6.99. The van der Waals surface area contributed by atoms with E-state index < -0.39 is 0 Å². The van der Waals surface area contributed by atoms with E-state index in [1.807, 2.05) is 35.1 Å². The highest BCUT2D eigenvalue weighted by molar-refractivity contribution is 5.95. The van der Waals surface area contributed by atoms with Crippen molar-refractivity contribution >= 4 is 23.2 Å². The third kappa shape index (κ3) is 4.55. The second-order valence-electron chi connectivity index (χ2n) is 7.89. The van der Waals surface area contributed by atoms with Crippen LogP contribution in [-0.4, -0.2) is 58.6 Å². The SMILES string of the molecule is N#Cc1cnc(Nc2ccc(N3CCOCC3=O)cc2)nc1-c1cnn(C2CCOCC2)c1. The van der Waals surface area contributed by atoms with Gasteiger partial charge >= 0.3 is 0 Å². The lowest BCUT2D eigenvalue weighted by Gasteiger charge is -2.26. The van der Waals surface area contributed by atoms with Crippen molar-refractivity contribution in [1.29, 1.82) is 5.26 Å². The normalized spacial score (nSPS) is 17.1. The smallest absolute Gasteiger partial charge is 0.253 e. The number of anilines is 3. The van der Waals surface area contributed by atoms with E-state index in [1.165, 1.54) is 6.20 Å². The molecule has 2 aliphatic rings. The number of carbonyl (C=O) groups is 1. The highest BCUT2D eigenvalue weighted by Gasteiger charge is 2.21. The first-order valence-corrected chi connectivity index (χ1v) is 10.9. The number of carbonyl (C=O) groups excluding carboxylic acids is 1. The third-order valence-electron chi connectivity index (χ3n) is 5.77. The van der Waals surface area contributed by atoms with Crippen molar-refractivity contribution in [3.05, 3.63) is 48.4 Å². The average Bonchev–Trinajstić information content (AvgIpc) is 3.36. The highest BCUT2D eigenvalue weighted by Crippen LogP contribution is 2.27. The third-order valence-corrected chi connectivity index (χ3v) is 5.77. The molecule has 2 saturated heterocycles. The summed E-state index contributed by atoms with van der Waals surface area (Å²) in [5.74, 6) is 0.321. The fraction of sp³-hybridized carbons (Fsp3) is 0.348. The van der Waals surface area contributed by atoms with Gasteiger partial charge < -0.3 is 19.7 Å². The van der Waals surface area contributed by atoms with Crippen molar-refractivity contribution in [3.8, 4) is 17.3 Å². The van der Waals surface area contributed by atoms with E-state index >= 15 is 0 Å². The van der Waals surface area contributed by atoms with Crippen molar-refractivity contribution in [2.45, 2.75) is 18.9 Å². The minimum absolute atomic E-state index is 0.0525. The summed E-state index contributed by atoms with van der Waals surface area (Å²) >= 11 is 0. The van der Waals surface area contributed by atoms with Gasteiger partial charge in [0.05, 0.1) is 36.3 Å². The van der Waals surface area contributed by atoms with Crippen LogP contribution in [0.15, 0.2) is 42.9 Å². The average molecular weight is 445 g/mol. The minimum Gasteiger partial charge on any atom is -0.381 e. The van der Waals surface area contributed by atoms with Gasteiger partial charge in [0.15, 0.2) is 0 Å². The zero-order chi connectivity index (χ0) is 22.6. The Morgan fingerprint density at radius 2 is 1.91 bits per heavy atom. The van der Waals surface area contributed by atoms with Gasteiger partial charge in [-0.15, -0.1) is 0 Å². The molecule has 2 aliphatic heterocycles. The molecule has 168 valence electrons. The summed E-state index contributed by atoms with van der Waals surface area (Å²) in [7, 11) is 0. The molecule has 0 unspecified atom stereocenters. The zero-order valence-electron chi connectivity index (χ0n) is 18.0. The molecule has 1 aromatic carbocycles. The van der Waals surface area contributed by atoms with Gasteiger partial charge in [0.2, 0.25) is 5.95 Å². The van der Waals surface area contributed by atoms with Gasteiger partial charge in [-0.05, 0) is 37.1 Å². The van der Waals surface area contributed by atoms with Crippen LogP contribution in [0.25, 0.3) is 11.3 Å². The lowest BCUT2D eigenvalue weighted by Crippen LogP contribution is -2.41. The number of rotatable bonds is 5. The molecule has 0 atom stereocenters. The van der Waals surface area contributed by atoms with Gasteiger partial charge in [0.1, 0.15) is 12.7 Å². The van der Waals surface area contributed by atoms with Crippen LogP contribution in [0.1, 0.15) is 24.4 Å². The van der Waals surface area contributed by atoms with E-state index in [0.717, 1.165) is 43.0 Å². The number of morpholine rings is 1. The van der Waals surface area contributed by atoms with Crippen LogP contribution < -0.4 is 10.2 Å². The molecule has 0 saturated carbocycles. The number of benzene rings is 1. The van der Waals surface area contributed by atoms with Crippen molar-refractivity contribution in [1.82, 2.24) is 19.7 Å². The number of hydrogen-bond acceptors (Lipinski definition) is 8. The topological polar surface area (TPSA) is 118 Å². The molecule has 0 bridgehead atoms. The number of amides is 1. The number of nitrogens with zero attached hydrogens (tertiary/aromatic N) is 6. The van der Waals surface area contributed by atoms with Crippen molar-refractivity contribution in [2.75, 3.05) is 43.2 Å². The number of ether oxygens (including phenoxy) is 2. The van der Waals surface area contributed by atoms with Crippen molar-refractivity contribution in [2.24, 2.45) is 0 Å². The van der Waals surface area contributed by atoms with Crippen LogP contribution in [0.5, 0.6) is 0 Å². The van der Waals surface area contributed by atoms with Crippen LogP contribution in [-0.2, 0) is 14.3 Å². The molecule has 33 heavy (non-hydrogen) atoms. The van der Waals surface area contributed by atoms with Gasteiger partial charge in [-0.1, -0.05) is 0 Å². The zero-order valence-corrected chi connectivity index (χ0v) is 18.0. The molecular weight excluding hydrogens is 422 g/mol. The second kappa shape index (κ2) is 9.36. The molecule has 4 heterocycles. The Kier molecular flexibility index (Phi) is 5.97. The van der Waals surface area contributed by atoms with E-state index in [-0.39, 0.29) is 18.6 Å². The van der Waals surface area contributed by atoms with E-state index in [0.29, 0.717) is 30.4 Å².